The molecule has 0 aliphatic rings. The molecule has 0 fully saturated rings. The average molecular weight is 157 g/mol. The van der Waals surface area contributed by atoms with Gasteiger partial charge in [0.15, 0.2) is 5.78 Å². The zero-order chi connectivity index (χ0) is 7.98. The van der Waals surface area contributed by atoms with Gasteiger partial charge < -0.3 is 0 Å². The molecule has 0 radical (unpaired) electrons. The van der Waals surface area contributed by atoms with Crippen LogP contribution in [-0.4, -0.2) is 5.78 Å². The van der Waals surface area contributed by atoms with E-state index in [1.54, 1.807) is 13.0 Å². The van der Waals surface area contributed by atoms with E-state index < -0.39 is 0 Å². The van der Waals surface area contributed by atoms with E-state index in [2.05, 4.69) is 6.58 Å². The number of ketones is 1. The Labute approximate surface area is 65.7 Å². The van der Waals surface area contributed by atoms with Gasteiger partial charge in [-0.2, -0.15) is 0 Å². The van der Waals surface area contributed by atoms with Crippen molar-refractivity contribution in [2.75, 3.05) is 0 Å². The molecule has 0 N–H and O–H groups in total. The summed E-state index contributed by atoms with van der Waals surface area (Å²) in [6.07, 6.45) is 5.98. The van der Waals surface area contributed by atoms with Gasteiger partial charge in [-0.1, -0.05) is 30.3 Å². The van der Waals surface area contributed by atoms with Gasteiger partial charge in [0.05, 0.1) is 5.03 Å². The molecule has 1 nitrogen and oxygen atoms in total. The number of halogens is 1. The largest absolute Gasteiger partial charge is 0.288 e. The van der Waals surface area contributed by atoms with Gasteiger partial charge in [-0.15, -0.1) is 0 Å². The van der Waals surface area contributed by atoms with Gasteiger partial charge in [0, 0.05) is 0 Å². The summed E-state index contributed by atoms with van der Waals surface area (Å²) < 4.78 is 0. The summed E-state index contributed by atoms with van der Waals surface area (Å²) in [5, 5.41) is 0.188. The summed E-state index contributed by atoms with van der Waals surface area (Å²) in [7, 11) is 0. The Morgan fingerprint density at radius 3 is 2.60 bits per heavy atom. The number of hydrogen-bond acceptors (Lipinski definition) is 1. The van der Waals surface area contributed by atoms with Crippen molar-refractivity contribution in [3.63, 3.8) is 0 Å². The number of carbonyl (C=O) groups is 1. The lowest BCUT2D eigenvalue weighted by Crippen LogP contribution is -1.89. The molecule has 0 bridgehead atoms. The topological polar surface area (TPSA) is 17.1 Å². The second kappa shape index (κ2) is 5.00. The van der Waals surface area contributed by atoms with Crippen molar-refractivity contribution in [3.05, 3.63) is 35.9 Å². The third-order valence-electron chi connectivity index (χ3n) is 0.818. The fourth-order valence-corrected chi connectivity index (χ4v) is 0.569. The Hall–Kier alpha value is -0.820. The van der Waals surface area contributed by atoms with E-state index in [9.17, 15) is 4.79 Å². The molecule has 0 saturated heterocycles. The summed E-state index contributed by atoms with van der Waals surface area (Å²) in [6.45, 7) is 5.17. The van der Waals surface area contributed by atoms with E-state index in [1.807, 2.05) is 0 Å². The predicted molar refractivity (Wildman–Crippen MR) is 44.0 cm³/mol. The highest BCUT2D eigenvalue weighted by Crippen LogP contribution is 2.03. The zero-order valence-corrected chi connectivity index (χ0v) is 6.56. The van der Waals surface area contributed by atoms with Crippen LogP contribution in [0.4, 0.5) is 0 Å². The van der Waals surface area contributed by atoms with Crippen LogP contribution in [0.1, 0.15) is 6.92 Å². The van der Waals surface area contributed by atoms with E-state index in [0.717, 1.165) is 0 Å². The molecular formula is C8H9ClO. The van der Waals surface area contributed by atoms with Gasteiger partial charge >= 0.3 is 0 Å². The van der Waals surface area contributed by atoms with Crippen LogP contribution in [0.15, 0.2) is 35.9 Å². The first-order chi connectivity index (χ1) is 4.72. The molecule has 54 valence electrons. The minimum Gasteiger partial charge on any atom is -0.288 e. The van der Waals surface area contributed by atoms with Crippen LogP contribution in [0.2, 0.25) is 0 Å². The molecule has 0 aromatic heterocycles. The molecule has 0 spiro atoms. The molecule has 0 amide bonds. The fraction of sp³-hybridized carbons (Fsp3) is 0.125. The van der Waals surface area contributed by atoms with Crippen molar-refractivity contribution >= 4 is 17.4 Å². The lowest BCUT2D eigenvalue weighted by molar-refractivity contribution is -0.110. The van der Waals surface area contributed by atoms with Gasteiger partial charge in [0.2, 0.25) is 0 Å². The van der Waals surface area contributed by atoms with Crippen LogP contribution in [0, 0.1) is 0 Å². The lowest BCUT2D eigenvalue weighted by atomic mass is 10.3. The van der Waals surface area contributed by atoms with Crippen molar-refractivity contribution in [2.24, 2.45) is 0 Å². The molecule has 0 aromatic carbocycles. The first kappa shape index (κ1) is 9.18. The lowest BCUT2D eigenvalue weighted by Gasteiger charge is -1.86. The maximum absolute atomic E-state index is 10.8. The van der Waals surface area contributed by atoms with E-state index in [-0.39, 0.29) is 10.8 Å². The van der Waals surface area contributed by atoms with E-state index in [1.165, 1.54) is 18.2 Å². The van der Waals surface area contributed by atoms with Gasteiger partial charge in [-0.25, -0.2) is 0 Å². The number of rotatable bonds is 3. The Balaban J connectivity index is 4.21. The summed E-state index contributed by atoms with van der Waals surface area (Å²) >= 11 is 5.50. The van der Waals surface area contributed by atoms with E-state index in [4.69, 9.17) is 11.6 Å². The second-order valence-corrected chi connectivity index (χ2v) is 2.02. The third kappa shape index (κ3) is 3.25. The van der Waals surface area contributed by atoms with Gasteiger partial charge in [-0.3, -0.25) is 4.79 Å². The summed E-state index contributed by atoms with van der Waals surface area (Å²) in [4.78, 5) is 10.8. The summed E-state index contributed by atoms with van der Waals surface area (Å²) in [6, 6.07) is 0. The van der Waals surface area contributed by atoms with Crippen molar-refractivity contribution in [2.45, 2.75) is 6.92 Å². The monoisotopic (exact) mass is 156 g/mol. The second-order valence-electron chi connectivity index (χ2n) is 1.61. The first-order valence-corrected chi connectivity index (χ1v) is 3.25. The maximum atomic E-state index is 10.8. The molecule has 0 aliphatic carbocycles. The molecule has 0 atom stereocenters. The molecule has 0 heterocycles. The van der Waals surface area contributed by atoms with E-state index >= 15 is 0 Å². The summed E-state index contributed by atoms with van der Waals surface area (Å²) in [5.41, 5.74) is 0. The molecule has 0 rings (SSSR count). The standard InChI is InChI=1S/C8H9ClO/c1-3-5-7(9)8(10)6-4-2/h3-6H,1H2,2H3/b6-4-,7-5+. The highest BCUT2D eigenvalue weighted by molar-refractivity contribution is 6.44. The minimum atomic E-state index is -0.191. The van der Waals surface area contributed by atoms with Crippen molar-refractivity contribution in [3.8, 4) is 0 Å². The van der Waals surface area contributed by atoms with Gasteiger partial charge in [-0.05, 0) is 19.1 Å². The Bertz CT molecular complexity index is 189. The zero-order valence-electron chi connectivity index (χ0n) is 5.80. The number of allylic oxidation sites excluding steroid dienone is 5. The quantitative estimate of drug-likeness (QED) is 0.453. The Morgan fingerprint density at radius 1 is 1.60 bits per heavy atom. The van der Waals surface area contributed by atoms with Crippen molar-refractivity contribution < 1.29 is 4.79 Å². The molecule has 0 aromatic rings. The van der Waals surface area contributed by atoms with Crippen LogP contribution < -0.4 is 0 Å². The van der Waals surface area contributed by atoms with Gasteiger partial charge in [0.25, 0.3) is 0 Å². The fourth-order valence-electron chi connectivity index (χ4n) is 0.417. The van der Waals surface area contributed by atoms with Gasteiger partial charge in [0.1, 0.15) is 0 Å². The average Bonchev–Trinajstić information content (AvgIpc) is 1.89. The normalized spacial score (nSPS) is 12.0. The van der Waals surface area contributed by atoms with Crippen LogP contribution >= 0.6 is 11.6 Å². The Kier molecular flexibility index (Phi) is 4.59. The molecule has 0 aliphatic heterocycles. The van der Waals surface area contributed by atoms with Crippen LogP contribution in [-0.2, 0) is 4.79 Å². The predicted octanol–water partition coefficient (Wildman–Crippen LogP) is 2.44. The van der Waals surface area contributed by atoms with E-state index in [0.29, 0.717) is 0 Å². The molecule has 0 unspecified atom stereocenters. The third-order valence-corrected chi connectivity index (χ3v) is 1.13. The van der Waals surface area contributed by atoms with Crippen molar-refractivity contribution in [1.82, 2.24) is 0 Å². The maximum Gasteiger partial charge on any atom is 0.196 e. The summed E-state index contributed by atoms with van der Waals surface area (Å²) in [5.74, 6) is -0.191. The Morgan fingerprint density at radius 2 is 2.20 bits per heavy atom. The molecule has 0 saturated carbocycles. The smallest absolute Gasteiger partial charge is 0.196 e. The first-order valence-electron chi connectivity index (χ1n) is 2.87. The minimum absolute atomic E-state index is 0.188. The van der Waals surface area contributed by atoms with Crippen LogP contribution in [0.25, 0.3) is 0 Å². The van der Waals surface area contributed by atoms with Crippen LogP contribution in [0.5, 0.6) is 0 Å². The SMILES string of the molecule is C=C/C=C(/Cl)C(=O)/C=C\C. The molecule has 2 heteroatoms. The number of hydrogen-bond donors (Lipinski definition) is 0. The van der Waals surface area contributed by atoms with Crippen molar-refractivity contribution in [1.29, 1.82) is 0 Å². The highest BCUT2D eigenvalue weighted by Gasteiger charge is 1.97. The number of carbonyl (C=O) groups excluding carboxylic acids is 1. The molecular weight excluding hydrogens is 148 g/mol. The van der Waals surface area contributed by atoms with Crippen LogP contribution in [0.3, 0.4) is 0 Å². The highest BCUT2D eigenvalue weighted by atomic mass is 35.5. The molecule has 10 heavy (non-hydrogen) atoms.